The Morgan fingerprint density at radius 1 is 0.862 bits per heavy atom. The molecule has 0 aromatic heterocycles. The van der Waals surface area contributed by atoms with E-state index in [1.54, 1.807) is 0 Å². The van der Waals surface area contributed by atoms with Gasteiger partial charge in [0.1, 0.15) is 6.10 Å². The molecule has 29 heavy (non-hydrogen) atoms. The Labute approximate surface area is 169 Å². The van der Waals surface area contributed by atoms with Crippen LogP contribution in [0.2, 0.25) is 0 Å². The Bertz CT molecular complexity index is 690. The van der Waals surface area contributed by atoms with Crippen molar-refractivity contribution in [3.63, 3.8) is 0 Å². The topological polar surface area (TPSA) is 107 Å². The van der Waals surface area contributed by atoms with Crippen LogP contribution in [-0.2, 0) is 49.4 Å². The fourth-order valence-electron chi connectivity index (χ4n) is 3.05. The van der Waals surface area contributed by atoms with Crippen molar-refractivity contribution in [1.29, 1.82) is 0 Å². The lowest BCUT2D eigenvalue weighted by molar-refractivity contribution is -0.304. The Morgan fingerprint density at radius 2 is 1.41 bits per heavy atom. The maximum Gasteiger partial charge on any atom is 0.303 e. The fraction of sp³-hybridized carbons (Fsp3) is 0.550. The molecule has 0 bridgehead atoms. The summed E-state index contributed by atoms with van der Waals surface area (Å²) >= 11 is 0. The molecule has 1 heterocycles. The van der Waals surface area contributed by atoms with Crippen molar-refractivity contribution >= 4 is 17.9 Å². The van der Waals surface area contributed by atoms with Crippen LogP contribution in [0.1, 0.15) is 26.3 Å². The van der Waals surface area contributed by atoms with Gasteiger partial charge in [0.25, 0.3) is 0 Å². The Morgan fingerprint density at radius 3 is 1.97 bits per heavy atom. The number of carbonyl (C=O) groups is 3. The minimum Gasteiger partial charge on any atom is -0.456 e. The van der Waals surface area contributed by atoms with E-state index in [-0.39, 0.29) is 6.61 Å². The summed E-state index contributed by atoms with van der Waals surface area (Å²) < 4.78 is 32.7. The SMILES string of the molecule is CO[C@H]1O[C@H](COCc2ccccc2)[C@@H](OC(C)=O)[C@H](OC(C)=O)[C@H]1OC(C)=O. The zero-order valence-electron chi connectivity index (χ0n) is 16.9. The maximum absolute atomic E-state index is 11.7. The molecular weight excluding hydrogens is 384 g/mol. The number of hydrogen-bond acceptors (Lipinski definition) is 9. The summed E-state index contributed by atoms with van der Waals surface area (Å²) in [5, 5.41) is 0. The molecule has 0 spiro atoms. The van der Waals surface area contributed by atoms with E-state index in [1.807, 2.05) is 30.3 Å². The van der Waals surface area contributed by atoms with E-state index in [0.29, 0.717) is 6.61 Å². The van der Waals surface area contributed by atoms with E-state index in [1.165, 1.54) is 27.9 Å². The molecule has 1 aliphatic rings. The highest BCUT2D eigenvalue weighted by atomic mass is 16.7. The van der Waals surface area contributed by atoms with Crippen molar-refractivity contribution in [3.05, 3.63) is 35.9 Å². The smallest absolute Gasteiger partial charge is 0.303 e. The Balaban J connectivity index is 2.21. The highest BCUT2D eigenvalue weighted by molar-refractivity contribution is 5.68. The van der Waals surface area contributed by atoms with Crippen molar-refractivity contribution < 1.29 is 42.8 Å². The number of ether oxygens (including phenoxy) is 6. The molecule has 0 aliphatic carbocycles. The standard InChI is InChI=1S/C20H26O9/c1-12(21)26-17-16(11-25-10-15-8-6-5-7-9-15)29-20(24-4)19(28-14(3)23)18(17)27-13(2)22/h5-9,16-20H,10-11H2,1-4H3/t16-,17-,18+,19-,20+/m1/s1. The fourth-order valence-corrected chi connectivity index (χ4v) is 3.05. The van der Waals surface area contributed by atoms with Gasteiger partial charge in [-0.1, -0.05) is 30.3 Å². The highest BCUT2D eigenvalue weighted by Gasteiger charge is 2.52. The number of hydrogen-bond donors (Lipinski definition) is 0. The maximum atomic E-state index is 11.7. The van der Waals surface area contributed by atoms with Gasteiger partial charge in [-0.25, -0.2) is 0 Å². The molecule has 160 valence electrons. The summed E-state index contributed by atoms with van der Waals surface area (Å²) in [5.74, 6) is -1.87. The van der Waals surface area contributed by atoms with E-state index in [2.05, 4.69) is 0 Å². The van der Waals surface area contributed by atoms with E-state index in [4.69, 9.17) is 28.4 Å². The molecule has 9 nitrogen and oxygen atoms in total. The van der Waals surface area contributed by atoms with Crippen molar-refractivity contribution in [2.75, 3.05) is 13.7 Å². The first kappa shape index (κ1) is 22.8. The Hall–Kier alpha value is -2.49. The number of benzene rings is 1. The molecule has 0 amide bonds. The van der Waals surface area contributed by atoms with Gasteiger partial charge in [0.05, 0.1) is 13.2 Å². The number of methoxy groups -OCH3 is 1. The third-order valence-corrected chi connectivity index (χ3v) is 4.12. The van der Waals surface area contributed by atoms with Gasteiger partial charge in [0.15, 0.2) is 24.6 Å². The normalized spacial score (nSPS) is 26.4. The van der Waals surface area contributed by atoms with Crippen LogP contribution in [0.3, 0.4) is 0 Å². The molecule has 0 radical (unpaired) electrons. The van der Waals surface area contributed by atoms with E-state index < -0.39 is 48.6 Å². The van der Waals surface area contributed by atoms with Gasteiger partial charge in [-0.15, -0.1) is 0 Å². The highest BCUT2D eigenvalue weighted by Crippen LogP contribution is 2.29. The number of carbonyl (C=O) groups excluding carboxylic acids is 3. The first-order chi connectivity index (χ1) is 13.8. The zero-order valence-corrected chi connectivity index (χ0v) is 16.9. The molecule has 1 aliphatic heterocycles. The molecule has 1 aromatic carbocycles. The first-order valence-corrected chi connectivity index (χ1v) is 9.13. The second kappa shape index (κ2) is 10.9. The third kappa shape index (κ3) is 6.81. The van der Waals surface area contributed by atoms with Crippen molar-refractivity contribution in [2.45, 2.75) is 58.1 Å². The van der Waals surface area contributed by atoms with Crippen LogP contribution < -0.4 is 0 Å². The molecule has 0 N–H and O–H groups in total. The largest absolute Gasteiger partial charge is 0.456 e. The minimum atomic E-state index is -1.12. The number of rotatable bonds is 8. The predicted molar refractivity (Wildman–Crippen MR) is 98.4 cm³/mol. The van der Waals surface area contributed by atoms with Gasteiger partial charge in [0, 0.05) is 27.9 Å². The molecule has 5 atom stereocenters. The second-order valence-corrected chi connectivity index (χ2v) is 6.50. The third-order valence-electron chi connectivity index (χ3n) is 4.12. The number of esters is 3. The van der Waals surface area contributed by atoms with Gasteiger partial charge in [-0.2, -0.15) is 0 Å². The van der Waals surface area contributed by atoms with Gasteiger partial charge in [-0.3, -0.25) is 14.4 Å². The van der Waals surface area contributed by atoms with Gasteiger partial charge >= 0.3 is 17.9 Å². The molecule has 1 aromatic rings. The predicted octanol–water partition coefficient (Wildman–Crippen LogP) is 1.37. The monoisotopic (exact) mass is 410 g/mol. The van der Waals surface area contributed by atoms with Crippen LogP contribution in [0.5, 0.6) is 0 Å². The summed E-state index contributed by atoms with van der Waals surface area (Å²) in [7, 11) is 1.36. The summed E-state index contributed by atoms with van der Waals surface area (Å²) in [4.78, 5) is 34.9. The van der Waals surface area contributed by atoms with Gasteiger partial charge < -0.3 is 28.4 Å². The zero-order chi connectivity index (χ0) is 21.4. The first-order valence-electron chi connectivity index (χ1n) is 9.13. The van der Waals surface area contributed by atoms with E-state index in [0.717, 1.165) is 5.56 Å². The van der Waals surface area contributed by atoms with Crippen LogP contribution in [0.15, 0.2) is 30.3 Å². The summed E-state index contributed by atoms with van der Waals surface area (Å²) in [5.41, 5.74) is 0.949. The lowest BCUT2D eigenvalue weighted by atomic mass is 9.98. The lowest BCUT2D eigenvalue weighted by Gasteiger charge is -2.43. The van der Waals surface area contributed by atoms with Crippen molar-refractivity contribution in [3.8, 4) is 0 Å². The van der Waals surface area contributed by atoms with Crippen LogP contribution in [0.4, 0.5) is 0 Å². The minimum absolute atomic E-state index is 0.0251. The van der Waals surface area contributed by atoms with Gasteiger partial charge in [0.2, 0.25) is 0 Å². The molecule has 0 saturated carbocycles. The van der Waals surface area contributed by atoms with Crippen LogP contribution in [-0.4, -0.2) is 62.3 Å². The second-order valence-electron chi connectivity index (χ2n) is 6.50. The van der Waals surface area contributed by atoms with E-state index >= 15 is 0 Å². The summed E-state index contributed by atoms with van der Waals surface area (Å²) in [6, 6.07) is 9.48. The molecule has 9 heteroatoms. The van der Waals surface area contributed by atoms with E-state index in [9.17, 15) is 14.4 Å². The van der Waals surface area contributed by atoms with Crippen LogP contribution in [0.25, 0.3) is 0 Å². The molecule has 1 saturated heterocycles. The van der Waals surface area contributed by atoms with Crippen molar-refractivity contribution in [1.82, 2.24) is 0 Å². The summed E-state index contributed by atoms with van der Waals surface area (Å²) in [6.07, 6.45) is -5.15. The average molecular weight is 410 g/mol. The molecule has 0 unspecified atom stereocenters. The quantitative estimate of drug-likeness (QED) is 0.464. The van der Waals surface area contributed by atoms with Crippen LogP contribution >= 0.6 is 0 Å². The Kier molecular flexibility index (Phi) is 8.56. The summed E-state index contributed by atoms with van der Waals surface area (Å²) in [6.45, 7) is 3.95. The van der Waals surface area contributed by atoms with Gasteiger partial charge in [-0.05, 0) is 5.56 Å². The molecule has 1 fully saturated rings. The molecule has 2 rings (SSSR count). The average Bonchev–Trinajstić information content (AvgIpc) is 2.65. The van der Waals surface area contributed by atoms with Crippen molar-refractivity contribution in [2.24, 2.45) is 0 Å². The van der Waals surface area contributed by atoms with Crippen LogP contribution in [0, 0.1) is 0 Å². The molecular formula is C20H26O9. The lowest BCUT2D eigenvalue weighted by Crippen LogP contribution is -2.62.